The van der Waals surface area contributed by atoms with Crippen LogP contribution in [0.2, 0.25) is 5.02 Å². The van der Waals surface area contributed by atoms with E-state index in [4.69, 9.17) is 22.1 Å². The first-order valence-corrected chi connectivity index (χ1v) is 11.8. The molecule has 1 aliphatic heterocycles. The quantitative estimate of drug-likeness (QED) is 0.448. The lowest BCUT2D eigenvalue weighted by Crippen LogP contribution is -2.35. The van der Waals surface area contributed by atoms with Crippen LogP contribution < -0.4 is 15.8 Å². The number of pyridine rings is 1. The Labute approximate surface area is 200 Å². The van der Waals surface area contributed by atoms with E-state index in [2.05, 4.69) is 42.3 Å². The van der Waals surface area contributed by atoms with Crippen molar-refractivity contribution in [1.29, 1.82) is 0 Å². The molecule has 3 aromatic rings. The van der Waals surface area contributed by atoms with Crippen molar-refractivity contribution in [2.24, 2.45) is 5.73 Å². The number of carbonyl (C=O) groups excluding carboxylic acids is 1. The first-order chi connectivity index (χ1) is 15.9. The molecule has 3 N–H and O–H groups in total. The fourth-order valence-corrected chi connectivity index (χ4v) is 4.69. The maximum atomic E-state index is 11.3. The van der Waals surface area contributed by atoms with E-state index in [1.54, 1.807) is 12.1 Å². The minimum Gasteiger partial charge on any atom is -0.492 e. The number of nitrogens with two attached hydrogens (primary N) is 1. The zero-order valence-electron chi connectivity index (χ0n) is 19.2. The van der Waals surface area contributed by atoms with Crippen LogP contribution in [0.5, 0.6) is 5.75 Å². The molecular formula is C27H30ClN3O2. The molecule has 33 heavy (non-hydrogen) atoms. The van der Waals surface area contributed by atoms with Crippen LogP contribution in [0.15, 0.2) is 42.6 Å². The van der Waals surface area contributed by atoms with Gasteiger partial charge in [0, 0.05) is 34.3 Å². The zero-order chi connectivity index (χ0) is 23.4. The molecule has 1 amide bonds. The van der Waals surface area contributed by atoms with Crippen LogP contribution in [-0.2, 0) is 4.79 Å². The maximum absolute atomic E-state index is 11.3. The lowest BCUT2D eigenvalue weighted by molar-refractivity contribution is -0.113. The molecule has 1 aliphatic rings. The van der Waals surface area contributed by atoms with Crippen molar-refractivity contribution < 1.29 is 9.53 Å². The van der Waals surface area contributed by atoms with E-state index in [1.165, 1.54) is 36.5 Å². The number of fused-ring (bicyclic) bond motifs is 1. The summed E-state index contributed by atoms with van der Waals surface area (Å²) in [5.74, 6) is 0.260. The summed E-state index contributed by atoms with van der Waals surface area (Å²) in [6.07, 6.45) is 9.43. The van der Waals surface area contributed by atoms with E-state index in [0.29, 0.717) is 23.2 Å². The first-order valence-electron chi connectivity index (χ1n) is 11.5. The van der Waals surface area contributed by atoms with Crippen molar-refractivity contribution in [1.82, 2.24) is 10.3 Å². The predicted molar refractivity (Wildman–Crippen MR) is 136 cm³/mol. The number of aromatic nitrogens is 1. The second-order valence-corrected chi connectivity index (χ2v) is 9.20. The smallest absolute Gasteiger partial charge is 0.241 e. The van der Waals surface area contributed by atoms with Gasteiger partial charge in [0.25, 0.3) is 0 Å². The van der Waals surface area contributed by atoms with Gasteiger partial charge < -0.3 is 15.8 Å². The van der Waals surface area contributed by atoms with Crippen molar-refractivity contribution in [3.05, 3.63) is 64.3 Å². The maximum Gasteiger partial charge on any atom is 0.241 e. The standard InChI is InChI=1S/C27H30ClN3O2/c1-17-11-18(2)13-20(12-17)23-16-31-25-15-24(28)19(6-7-26(29)32)14-22(25)27(23)33-10-8-21-5-3-4-9-30-21/h6-7,11-16,21,30H,3-5,8-10H2,1-2H3,(H2,29,32)/t21-/m0/s1. The number of aryl methyl sites for hydroxylation is 2. The number of hydrogen-bond acceptors (Lipinski definition) is 4. The Balaban J connectivity index is 1.78. The number of nitrogens with zero attached hydrogens (tertiary/aromatic N) is 1. The Kier molecular flexibility index (Phi) is 7.31. The zero-order valence-corrected chi connectivity index (χ0v) is 19.9. The molecule has 1 aromatic heterocycles. The minimum atomic E-state index is -0.523. The number of halogens is 1. The lowest BCUT2D eigenvalue weighted by atomic mass is 9.98. The molecule has 1 fully saturated rings. The fraction of sp³-hybridized carbons (Fsp3) is 0.333. The molecular weight excluding hydrogens is 434 g/mol. The lowest BCUT2D eigenvalue weighted by Gasteiger charge is -2.24. The summed E-state index contributed by atoms with van der Waals surface area (Å²) in [6, 6.07) is 10.7. The van der Waals surface area contributed by atoms with Gasteiger partial charge in [0.1, 0.15) is 5.75 Å². The number of piperidine rings is 1. The Morgan fingerprint density at radius 2 is 2.00 bits per heavy atom. The van der Waals surface area contributed by atoms with Crippen molar-refractivity contribution in [3.8, 4) is 16.9 Å². The highest BCUT2D eigenvalue weighted by Gasteiger charge is 2.17. The van der Waals surface area contributed by atoms with E-state index in [9.17, 15) is 4.79 Å². The Bertz CT molecular complexity index is 1180. The summed E-state index contributed by atoms with van der Waals surface area (Å²) in [7, 11) is 0. The average Bonchev–Trinajstić information content (AvgIpc) is 2.77. The SMILES string of the molecule is Cc1cc(C)cc(-c2cnc3cc(Cl)c(C=CC(N)=O)cc3c2OCC[C@@H]2CCCCN2)c1. The summed E-state index contributed by atoms with van der Waals surface area (Å²) >= 11 is 6.45. The summed E-state index contributed by atoms with van der Waals surface area (Å²) in [6.45, 7) is 5.86. The number of benzene rings is 2. The minimum absolute atomic E-state index is 0.486. The van der Waals surface area contributed by atoms with E-state index in [-0.39, 0.29) is 0 Å². The van der Waals surface area contributed by atoms with E-state index < -0.39 is 5.91 Å². The molecule has 2 heterocycles. The summed E-state index contributed by atoms with van der Waals surface area (Å²) in [5.41, 5.74) is 11.1. The van der Waals surface area contributed by atoms with Gasteiger partial charge in [-0.1, -0.05) is 47.3 Å². The molecule has 0 unspecified atom stereocenters. The normalized spacial score (nSPS) is 16.4. The number of carbonyl (C=O) groups is 1. The number of hydrogen-bond donors (Lipinski definition) is 2. The van der Waals surface area contributed by atoms with Crippen molar-refractivity contribution in [3.63, 3.8) is 0 Å². The second kappa shape index (κ2) is 10.4. The summed E-state index contributed by atoms with van der Waals surface area (Å²) in [4.78, 5) is 15.9. The van der Waals surface area contributed by atoms with Crippen LogP contribution in [0.3, 0.4) is 0 Å². The van der Waals surface area contributed by atoms with Crippen LogP contribution in [0, 0.1) is 13.8 Å². The van der Waals surface area contributed by atoms with Gasteiger partial charge in [-0.05, 0) is 69.0 Å². The molecule has 6 heteroatoms. The van der Waals surface area contributed by atoms with Crippen LogP contribution in [0.4, 0.5) is 0 Å². The third-order valence-corrected chi connectivity index (χ3v) is 6.35. The fourth-order valence-electron chi connectivity index (χ4n) is 4.47. The van der Waals surface area contributed by atoms with Gasteiger partial charge in [-0.2, -0.15) is 0 Å². The van der Waals surface area contributed by atoms with E-state index >= 15 is 0 Å². The third kappa shape index (κ3) is 5.73. The predicted octanol–water partition coefficient (Wildman–Crippen LogP) is 5.58. The molecule has 0 radical (unpaired) electrons. The van der Waals surface area contributed by atoms with E-state index in [0.717, 1.165) is 40.7 Å². The Hall–Kier alpha value is -2.89. The van der Waals surface area contributed by atoms with Gasteiger partial charge in [-0.25, -0.2) is 0 Å². The molecule has 2 aromatic carbocycles. The van der Waals surface area contributed by atoms with Gasteiger partial charge in [0.05, 0.1) is 12.1 Å². The molecule has 172 valence electrons. The van der Waals surface area contributed by atoms with Gasteiger partial charge in [-0.15, -0.1) is 0 Å². The molecule has 1 saturated heterocycles. The summed E-state index contributed by atoms with van der Waals surface area (Å²) in [5, 5.41) is 4.95. The summed E-state index contributed by atoms with van der Waals surface area (Å²) < 4.78 is 6.47. The van der Waals surface area contributed by atoms with Crippen molar-refractivity contribution in [2.75, 3.05) is 13.2 Å². The van der Waals surface area contributed by atoms with Crippen molar-refractivity contribution >= 4 is 34.5 Å². The highest BCUT2D eigenvalue weighted by Crippen LogP contribution is 2.38. The van der Waals surface area contributed by atoms with Crippen LogP contribution in [0.25, 0.3) is 28.1 Å². The molecule has 0 spiro atoms. The van der Waals surface area contributed by atoms with Crippen LogP contribution in [0.1, 0.15) is 42.4 Å². The number of amides is 1. The topological polar surface area (TPSA) is 77.2 Å². The second-order valence-electron chi connectivity index (χ2n) is 8.79. The molecule has 1 atom stereocenters. The Morgan fingerprint density at radius 1 is 1.21 bits per heavy atom. The van der Waals surface area contributed by atoms with Gasteiger partial charge in [0.2, 0.25) is 5.91 Å². The van der Waals surface area contributed by atoms with Gasteiger partial charge in [-0.3, -0.25) is 9.78 Å². The molecule has 0 bridgehead atoms. The van der Waals surface area contributed by atoms with Crippen LogP contribution in [-0.4, -0.2) is 30.1 Å². The highest BCUT2D eigenvalue weighted by atomic mass is 35.5. The largest absolute Gasteiger partial charge is 0.492 e. The van der Waals surface area contributed by atoms with Crippen LogP contribution >= 0.6 is 11.6 Å². The monoisotopic (exact) mass is 463 g/mol. The number of rotatable bonds is 7. The average molecular weight is 464 g/mol. The first kappa shape index (κ1) is 23.3. The molecule has 5 nitrogen and oxygen atoms in total. The molecule has 0 saturated carbocycles. The van der Waals surface area contributed by atoms with E-state index in [1.807, 2.05) is 12.3 Å². The van der Waals surface area contributed by atoms with Crippen molar-refractivity contribution in [2.45, 2.75) is 45.6 Å². The number of nitrogens with one attached hydrogen (secondary N) is 1. The Morgan fingerprint density at radius 3 is 2.70 bits per heavy atom. The molecule has 4 rings (SSSR count). The number of ether oxygens (including phenoxy) is 1. The van der Waals surface area contributed by atoms with Gasteiger partial charge >= 0.3 is 0 Å². The third-order valence-electron chi connectivity index (χ3n) is 6.02. The molecule has 0 aliphatic carbocycles. The highest BCUT2D eigenvalue weighted by molar-refractivity contribution is 6.33. The van der Waals surface area contributed by atoms with Gasteiger partial charge in [0.15, 0.2) is 0 Å². The number of primary amides is 1.